The van der Waals surface area contributed by atoms with E-state index in [1.807, 2.05) is 29.5 Å². The normalized spacial score (nSPS) is 26.1. The third kappa shape index (κ3) is 3.42. The molecule has 32 heavy (non-hydrogen) atoms. The van der Waals surface area contributed by atoms with E-state index in [0.717, 1.165) is 38.0 Å². The summed E-state index contributed by atoms with van der Waals surface area (Å²) in [7, 11) is -0.254. The van der Waals surface area contributed by atoms with Crippen LogP contribution in [0.2, 0.25) is 0 Å². The summed E-state index contributed by atoms with van der Waals surface area (Å²) in [6, 6.07) is 16.0. The van der Waals surface area contributed by atoms with Crippen molar-refractivity contribution in [1.29, 1.82) is 0 Å². The van der Waals surface area contributed by atoms with Crippen LogP contribution in [-0.2, 0) is 26.9 Å². The van der Waals surface area contributed by atoms with E-state index in [1.54, 1.807) is 13.2 Å². The number of likely N-dealkylation sites (tertiary alicyclic amines) is 1. The molecule has 1 aromatic heterocycles. The maximum absolute atomic E-state index is 12.4. The van der Waals surface area contributed by atoms with E-state index in [1.165, 1.54) is 27.6 Å². The molecule has 1 aliphatic heterocycles. The van der Waals surface area contributed by atoms with Gasteiger partial charge in [-0.1, -0.05) is 30.3 Å². The first kappa shape index (κ1) is 22.0. The average Bonchev–Trinajstić information content (AvgIpc) is 3.22. The fourth-order valence-corrected chi connectivity index (χ4v) is 8.00. The molecule has 1 saturated heterocycles. The summed E-state index contributed by atoms with van der Waals surface area (Å²) >= 11 is 1.90. The van der Waals surface area contributed by atoms with E-state index in [9.17, 15) is 8.42 Å². The van der Waals surface area contributed by atoms with Gasteiger partial charge >= 0.3 is 0 Å². The first-order valence-electron chi connectivity index (χ1n) is 11.2. The van der Waals surface area contributed by atoms with Crippen molar-refractivity contribution in [3.8, 4) is 0 Å². The number of nitrogens with one attached hydrogen (secondary N) is 1. The summed E-state index contributed by atoms with van der Waals surface area (Å²) in [5.74, 6) is 0.682. The minimum Gasteiger partial charge on any atom is -0.373 e. The van der Waals surface area contributed by atoms with Crippen LogP contribution in [0.15, 0.2) is 53.4 Å². The van der Waals surface area contributed by atoms with Crippen molar-refractivity contribution in [1.82, 2.24) is 9.62 Å². The van der Waals surface area contributed by atoms with Gasteiger partial charge in [0.25, 0.3) is 0 Å². The molecule has 2 fully saturated rings. The summed E-state index contributed by atoms with van der Waals surface area (Å²) < 4.78 is 34.9. The van der Waals surface area contributed by atoms with Gasteiger partial charge in [-0.05, 0) is 61.5 Å². The van der Waals surface area contributed by atoms with Crippen molar-refractivity contribution in [3.05, 3.63) is 64.5 Å². The maximum Gasteiger partial charge on any atom is 0.240 e. The second kappa shape index (κ2) is 8.22. The number of ether oxygens (including phenoxy) is 1. The van der Waals surface area contributed by atoms with E-state index in [2.05, 4.69) is 40.8 Å². The minimum absolute atomic E-state index is 0.302. The largest absolute Gasteiger partial charge is 0.373 e. The van der Waals surface area contributed by atoms with Gasteiger partial charge in [0.1, 0.15) is 5.60 Å². The molecule has 2 aliphatic rings. The molecule has 170 valence electrons. The number of piperidine rings is 1. The van der Waals surface area contributed by atoms with Crippen molar-refractivity contribution in [2.24, 2.45) is 11.8 Å². The third-order valence-electron chi connectivity index (χ3n) is 7.55. The Kier molecular flexibility index (Phi) is 5.66. The minimum atomic E-state index is -3.49. The molecule has 2 bridgehead atoms. The fraction of sp³-hybridized carbons (Fsp3) is 0.440. The molecule has 0 radical (unpaired) electrons. The molecule has 0 amide bonds. The number of aryl methyl sites for hydroxylation is 1. The molecule has 0 spiro atoms. The zero-order valence-electron chi connectivity index (χ0n) is 18.8. The molecule has 5 rings (SSSR count). The van der Waals surface area contributed by atoms with Crippen LogP contribution in [0.4, 0.5) is 0 Å². The molecule has 1 aliphatic carbocycles. The van der Waals surface area contributed by atoms with E-state index < -0.39 is 15.6 Å². The van der Waals surface area contributed by atoms with E-state index in [0.29, 0.717) is 16.7 Å². The number of nitrogens with zero attached hydrogens (tertiary/aromatic N) is 1. The topological polar surface area (TPSA) is 58.6 Å². The van der Waals surface area contributed by atoms with Crippen LogP contribution in [0, 0.1) is 18.8 Å². The number of thiophene rings is 1. The number of rotatable bonds is 6. The highest BCUT2D eigenvalue weighted by atomic mass is 32.2. The van der Waals surface area contributed by atoms with Crippen LogP contribution in [0.5, 0.6) is 0 Å². The molecule has 7 heteroatoms. The SMILES string of the molecule is CNS(=O)(=O)c1cccc(C2(OC)C3CCC2CN(Cc2sc4ccccc4c2C)C3)c1. The van der Waals surface area contributed by atoms with Gasteiger partial charge in [-0.25, -0.2) is 13.1 Å². The quantitative estimate of drug-likeness (QED) is 0.576. The van der Waals surface area contributed by atoms with E-state index in [-0.39, 0.29) is 0 Å². The van der Waals surface area contributed by atoms with Gasteiger partial charge in [0.05, 0.1) is 4.90 Å². The van der Waals surface area contributed by atoms with Crippen molar-refractivity contribution in [2.75, 3.05) is 27.2 Å². The summed E-state index contributed by atoms with van der Waals surface area (Å²) in [6.45, 7) is 5.12. The summed E-state index contributed by atoms with van der Waals surface area (Å²) in [6.07, 6.45) is 2.20. The van der Waals surface area contributed by atoms with Crippen molar-refractivity contribution < 1.29 is 13.2 Å². The molecule has 1 saturated carbocycles. The highest BCUT2D eigenvalue weighted by Crippen LogP contribution is 2.54. The molecule has 2 heterocycles. The van der Waals surface area contributed by atoms with Crippen LogP contribution in [0.25, 0.3) is 10.1 Å². The lowest BCUT2D eigenvalue weighted by atomic mass is 9.75. The van der Waals surface area contributed by atoms with Gasteiger partial charge < -0.3 is 4.74 Å². The number of fused-ring (bicyclic) bond motifs is 3. The fourth-order valence-electron chi connectivity index (χ4n) is 5.97. The Morgan fingerprint density at radius 3 is 2.50 bits per heavy atom. The maximum atomic E-state index is 12.4. The van der Waals surface area contributed by atoms with Gasteiger partial charge in [-0.15, -0.1) is 11.3 Å². The predicted molar refractivity (Wildman–Crippen MR) is 129 cm³/mol. The molecule has 2 aromatic carbocycles. The van der Waals surface area contributed by atoms with Crippen LogP contribution < -0.4 is 4.72 Å². The van der Waals surface area contributed by atoms with Crippen molar-refractivity contribution >= 4 is 31.4 Å². The van der Waals surface area contributed by atoms with E-state index in [4.69, 9.17) is 4.74 Å². The van der Waals surface area contributed by atoms with Crippen LogP contribution in [-0.4, -0.2) is 40.6 Å². The average molecular weight is 471 g/mol. The molecule has 2 atom stereocenters. The Morgan fingerprint density at radius 2 is 1.84 bits per heavy atom. The van der Waals surface area contributed by atoms with Crippen LogP contribution >= 0.6 is 11.3 Å². The predicted octanol–water partition coefficient (Wildman–Crippen LogP) is 4.50. The summed E-state index contributed by atoms with van der Waals surface area (Å²) in [4.78, 5) is 4.32. The highest BCUT2D eigenvalue weighted by Gasteiger charge is 2.55. The van der Waals surface area contributed by atoms with Gasteiger partial charge in [0.2, 0.25) is 10.0 Å². The smallest absolute Gasteiger partial charge is 0.240 e. The first-order chi connectivity index (χ1) is 15.4. The second-order valence-electron chi connectivity index (χ2n) is 9.04. The Hall–Kier alpha value is -1.77. The van der Waals surface area contributed by atoms with Crippen molar-refractivity contribution in [2.45, 2.75) is 36.8 Å². The molecular formula is C25H30N2O3S2. The summed E-state index contributed by atoms with van der Waals surface area (Å²) in [5, 5.41) is 1.36. The highest BCUT2D eigenvalue weighted by molar-refractivity contribution is 7.89. The second-order valence-corrected chi connectivity index (χ2v) is 12.1. The lowest BCUT2D eigenvalue weighted by Crippen LogP contribution is -2.52. The van der Waals surface area contributed by atoms with Gasteiger partial charge in [-0.2, -0.15) is 0 Å². The Bertz CT molecular complexity index is 1240. The molecule has 1 N–H and O–H groups in total. The molecule has 5 nitrogen and oxygen atoms in total. The number of hydrogen-bond donors (Lipinski definition) is 1. The zero-order valence-corrected chi connectivity index (χ0v) is 20.4. The number of benzene rings is 2. The number of hydrogen-bond acceptors (Lipinski definition) is 5. The number of sulfonamides is 1. The summed E-state index contributed by atoms with van der Waals surface area (Å²) in [5.41, 5.74) is 1.96. The monoisotopic (exact) mass is 470 g/mol. The molecule has 2 unspecified atom stereocenters. The van der Waals surface area contributed by atoms with Crippen molar-refractivity contribution in [3.63, 3.8) is 0 Å². The lowest BCUT2D eigenvalue weighted by molar-refractivity contribution is -0.120. The van der Waals surface area contributed by atoms with Crippen LogP contribution in [0.3, 0.4) is 0 Å². The standard InChI is InChI=1S/C25H30N2O3S2/c1-17-22-9-4-5-10-23(22)31-24(17)16-27-14-19-11-12-20(15-27)25(19,30-3)18-7-6-8-21(13-18)32(28,29)26-2/h4-10,13,19-20,26H,11-12,14-16H2,1-3H3. The molecule has 3 aromatic rings. The van der Waals surface area contributed by atoms with E-state index >= 15 is 0 Å². The Morgan fingerprint density at radius 1 is 1.12 bits per heavy atom. The van der Waals surface area contributed by atoms with Gasteiger partial charge in [0.15, 0.2) is 0 Å². The van der Waals surface area contributed by atoms with Gasteiger partial charge in [0, 0.05) is 48.2 Å². The molecular weight excluding hydrogens is 440 g/mol. The Labute approximate surface area is 194 Å². The van der Waals surface area contributed by atoms with Gasteiger partial charge in [-0.3, -0.25) is 4.90 Å². The third-order valence-corrected chi connectivity index (χ3v) is 10.2. The Balaban J connectivity index is 1.44. The van der Waals surface area contributed by atoms with Crippen LogP contribution in [0.1, 0.15) is 28.8 Å². The lowest BCUT2D eigenvalue weighted by Gasteiger charge is -2.47. The first-order valence-corrected chi connectivity index (χ1v) is 13.5. The number of methoxy groups -OCH3 is 1. The zero-order chi connectivity index (χ0) is 22.5.